The highest BCUT2D eigenvalue weighted by Crippen LogP contribution is 2.21. The van der Waals surface area contributed by atoms with Crippen LogP contribution in [0.3, 0.4) is 0 Å². The zero-order chi connectivity index (χ0) is 21.1. The summed E-state index contributed by atoms with van der Waals surface area (Å²) in [7, 11) is 0. The van der Waals surface area contributed by atoms with E-state index < -0.39 is 17.6 Å². The fourth-order valence-corrected chi connectivity index (χ4v) is 2.55. The molecule has 0 spiro atoms. The van der Waals surface area contributed by atoms with Crippen LogP contribution in [0.5, 0.6) is 0 Å². The van der Waals surface area contributed by atoms with E-state index in [1.165, 1.54) is 0 Å². The number of carbonyl (C=O) groups is 3. The molecule has 7 heteroatoms. The van der Waals surface area contributed by atoms with Crippen LogP contribution in [0, 0.1) is 13.8 Å². The summed E-state index contributed by atoms with van der Waals surface area (Å²) >= 11 is 5.88. The molecule has 28 heavy (non-hydrogen) atoms. The molecule has 2 N–H and O–H groups in total. The Labute approximate surface area is 169 Å². The number of halogens is 1. The Balaban J connectivity index is 2.29. The first-order valence-corrected chi connectivity index (χ1v) is 9.06. The van der Waals surface area contributed by atoms with E-state index in [4.69, 9.17) is 16.3 Å². The van der Waals surface area contributed by atoms with Crippen LogP contribution in [-0.4, -0.2) is 23.4 Å². The molecule has 0 saturated heterocycles. The topological polar surface area (TPSA) is 84.5 Å². The molecule has 0 aliphatic heterocycles. The van der Waals surface area contributed by atoms with E-state index in [0.29, 0.717) is 10.6 Å². The minimum atomic E-state index is -0.796. The highest BCUT2D eigenvalue weighted by atomic mass is 35.5. The Hall–Kier alpha value is -2.86. The van der Waals surface area contributed by atoms with Crippen LogP contribution in [0.4, 0.5) is 4.79 Å². The monoisotopic (exact) mass is 402 g/mol. The van der Waals surface area contributed by atoms with Crippen molar-refractivity contribution in [2.45, 2.75) is 40.2 Å². The zero-order valence-electron chi connectivity index (χ0n) is 16.5. The van der Waals surface area contributed by atoms with Crippen LogP contribution in [-0.2, 0) is 4.74 Å². The quantitative estimate of drug-likeness (QED) is 0.590. The van der Waals surface area contributed by atoms with Gasteiger partial charge >= 0.3 is 6.09 Å². The third-order valence-corrected chi connectivity index (χ3v) is 4.16. The number of hydrogen-bond donors (Lipinski definition) is 2. The van der Waals surface area contributed by atoms with Gasteiger partial charge in [0.25, 0.3) is 5.91 Å². The Morgan fingerprint density at radius 2 is 1.43 bits per heavy atom. The third-order valence-electron chi connectivity index (χ3n) is 3.91. The molecule has 0 bridgehead atoms. The molecule has 0 atom stereocenters. The molecule has 6 nitrogen and oxygen atoms in total. The predicted octanol–water partition coefficient (Wildman–Crippen LogP) is 4.36. The van der Waals surface area contributed by atoms with Crippen molar-refractivity contribution in [1.82, 2.24) is 10.9 Å². The lowest BCUT2D eigenvalue weighted by molar-refractivity contribution is 0.0483. The first kappa shape index (κ1) is 21.4. The summed E-state index contributed by atoms with van der Waals surface area (Å²) in [5.41, 5.74) is 6.28. The molecule has 0 unspecified atom stereocenters. The fraction of sp³-hybridized carbons (Fsp3) is 0.286. The minimum Gasteiger partial charge on any atom is -0.443 e. The number of benzene rings is 2. The van der Waals surface area contributed by atoms with Crippen LogP contribution >= 0.6 is 11.6 Å². The summed E-state index contributed by atoms with van der Waals surface area (Å²) in [4.78, 5) is 37.3. The zero-order valence-corrected chi connectivity index (χ0v) is 17.2. The van der Waals surface area contributed by atoms with Crippen molar-refractivity contribution in [3.63, 3.8) is 0 Å². The van der Waals surface area contributed by atoms with Gasteiger partial charge in [-0.2, -0.15) is 0 Å². The van der Waals surface area contributed by atoms with Crippen LogP contribution in [0.25, 0.3) is 0 Å². The molecule has 0 aliphatic rings. The van der Waals surface area contributed by atoms with Crippen molar-refractivity contribution in [3.05, 3.63) is 69.2 Å². The lowest BCUT2D eigenvalue weighted by Gasteiger charge is -2.20. The first-order chi connectivity index (χ1) is 13.0. The maximum Gasteiger partial charge on any atom is 0.426 e. The number of nitrogens with one attached hydrogen (secondary N) is 2. The maximum absolute atomic E-state index is 12.9. The molecule has 0 aliphatic carbocycles. The van der Waals surface area contributed by atoms with E-state index in [0.717, 1.165) is 11.1 Å². The Kier molecular flexibility index (Phi) is 6.46. The summed E-state index contributed by atoms with van der Waals surface area (Å²) < 4.78 is 5.08. The van der Waals surface area contributed by atoms with Gasteiger partial charge in [-0.15, -0.1) is 0 Å². The van der Waals surface area contributed by atoms with Crippen LogP contribution in [0.15, 0.2) is 36.4 Å². The van der Waals surface area contributed by atoms with Gasteiger partial charge in [0.1, 0.15) is 5.60 Å². The first-order valence-electron chi connectivity index (χ1n) is 8.69. The van der Waals surface area contributed by atoms with E-state index in [1.54, 1.807) is 57.2 Å². The lowest BCUT2D eigenvalue weighted by atomic mass is 9.93. The van der Waals surface area contributed by atoms with Crippen molar-refractivity contribution in [2.75, 3.05) is 0 Å². The predicted molar refractivity (Wildman–Crippen MR) is 108 cm³/mol. The maximum atomic E-state index is 12.9. The molecule has 0 aromatic heterocycles. The molecule has 2 rings (SSSR count). The molecule has 0 radical (unpaired) electrons. The number of hydrazine groups is 1. The summed E-state index contributed by atoms with van der Waals surface area (Å²) in [6.45, 7) is 8.82. The fourth-order valence-electron chi connectivity index (χ4n) is 2.43. The Bertz CT molecular complexity index is 915. The number of carbonyl (C=O) groups excluding carboxylic acids is 3. The van der Waals surface area contributed by atoms with E-state index in [9.17, 15) is 14.4 Å². The largest absolute Gasteiger partial charge is 0.443 e. The van der Waals surface area contributed by atoms with Gasteiger partial charge in [-0.3, -0.25) is 15.0 Å². The van der Waals surface area contributed by atoms with Crippen LogP contribution in [0.1, 0.15) is 58.2 Å². The second-order valence-electron chi connectivity index (χ2n) is 7.40. The van der Waals surface area contributed by atoms with Gasteiger partial charge < -0.3 is 4.74 Å². The molecule has 0 saturated carbocycles. The van der Waals surface area contributed by atoms with Gasteiger partial charge in [0.15, 0.2) is 5.78 Å². The van der Waals surface area contributed by atoms with Gasteiger partial charge in [0, 0.05) is 16.1 Å². The smallest absolute Gasteiger partial charge is 0.426 e. The van der Waals surface area contributed by atoms with E-state index >= 15 is 0 Å². The number of aryl methyl sites for hydroxylation is 2. The average Bonchev–Trinajstić information content (AvgIpc) is 2.60. The number of ether oxygens (including phenoxy) is 1. The molecular weight excluding hydrogens is 380 g/mol. The SMILES string of the molecule is Cc1cc(C(=O)NNC(=O)OC(C)(C)C)c(C(=O)c2ccc(Cl)cc2)cc1C. The lowest BCUT2D eigenvalue weighted by Crippen LogP contribution is -2.44. The van der Waals surface area contributed by atoms with Crippen LogP contribution in [0.2, 0.25) is 5.02 Å². The Morgan fingerprint density at radius 3 is 1.96 bits per heavy atom. The van der Waals surface area contributed by atoms with Crippen LogP contribution < -0.4 is 10.9 Å². The molecule has 0 heterocycles. The standard InChI is InChI=1S/C21H23ClN2O4/c1-12-10-16(18(25)14-6-8-15(22)9-7-14)17(11-13(12)2)19(26)23-24-20(27)28-21(3,4)5/h6-11H,1-5H3,(H,23,26)(H,24,27). The molecule has 2 aromatic carbocycles. The van der Waals surface area contributed by atoms with Gasteiger partial charge in [-0.1, -0.05) is 11.6 Å². The van der Waals surface area contributed by atoms with E-state index in [2.05, 4.69) is 10.9 Å². The van der Waals surface area contributed by atoms with Crippen molar-refractivity contribution >= 4 is 29.4 Å². The van der Waals surface area contributed by atoms with Gasteiger partial charge in [0.2, 0.25) is 0 Å². The highest BCUT2D eigenvalue weighted by molar-refractivity contribution is 6.30. The van der Waals surface area contributed by atoms with E-state index in [-0.39, 0.29) is 16.9 Å². The summed E-state index contributed by atoms with van der Waals surface area (Å²) in [5, 5.41) is 0.510. The molecule has 2 amide bonds. The number of hydrogen-bond acceptors (Lipinski definition) is 4. The summed E-state index contributed by atoms with van der Waals surface area (Å²) in [6, 6.07) is 9.69. The number of ketones is 1. The second kappa shape index (κ2) is 8.44. The summed E-state index contributed by atoms with van der Waals surface area (Å²) in [6.07, 6.45) is -0.796. The molecule has 2 aromatic rings. The normalized spacial score (nSPS) is 10.9. The third kappa shape index (κ3) is 5.57. The number of amides is 2. The Morgan fingerprint density at radius 1 is 0.893 bits per heavy atom. The highest BCUT2D eigenvalue weighted by Gasteiger charge is 2.21. The second-order valence-corrected chi connectivity index (χ2v) is 7.84. The minimum absolute atomic E-state index is 0.152. The van der Waals surface area contributed by atoms with E-state index in [1.807, 2.05) is 13.8 Å². The van der Waals surface area contributed by atoms with Crippen molar-refractivity contribution in [1.29, 1.82) is 0 Å². The van der Waals surface area contributed by atoms with Gasteiger partial charge in [-0.25, -0.2) is 10.2 Å². The van der Waals surface area contributed by atoms with Crippen molar-refractivity contribution < 1.29 is 19.1 Å². The van der Waals surface area contributed by atoms with Gasteiger partial charge in [-0.05, 0) is 82.1 Å². The van der Waals surface area contributed by atoms with Gasteiger partial charge in [0.05, 0.1) is 5.56 Å². The molecular formula is C21H23ClN2O4. The average molecular weight is 403 g/mol. The van der Waals surface area contributed by atoms with Crippen molar-refractivity contribution in [3.8, 4) is 0 Å². The summed E-state index contributed by atoms with van der Waals surface area (Å²) in [5.74, 6) is -0.937. The molecule has 148 valence electrons. The van der Waals surface area contributed by atoms with Crippen molar-refractivity contribution in [2.24, 2.45) is 0 Å². The number of rotatable bonds is 3. The molecule has 0 fully saturated rings.